The van der Waals surface area contributed by atoms with Gasteiger partial charge >= 0.3 is 6.03 Å². The number of rotatable bonds is 2. The second-order valence-electron chi connectivity index (χ2n) is 2.72. The largest absolute Gasteiger partial charge is 0.343 e. The fraction of sp³-hybridized carbons (Fsp3) is 0.222. The molecule has 0 aliphatic carbocycles. The van der Waals surface area contributed by atoms with Gasteiger partial charge in [-0.2, -0.15) is 0 Å². The highest BCUT2D eigenvalue weighted by atomic mass is 79.9. The molecule has 0 atom stereocenters. The van der Waals surface area contributed by atoms with Crippen LogP contribution in [0.5, 0.6) is 0 Å². The van der Waals surface area contributed by atoms with Crippen molar-refractivity contribution in [1.82, 2.24) is 5.48 Å². The summed E-state index contributed by atoms with van der Waals surface area (Å²) in [7, 11) is 1.38. The van der Waals surface area contributed by atoms with E-state index in [1.54, 1.807) is 0 Å². The summed E-state index contributed by atoms with van der Waals surface area (Å²) in [5, 5.41) is 2.61. The molecule has 0 aliphatic heterocycles. The van der Waals surface area contributed by atoms with Gasteiger partial charge < -0.3 is 5.32 Å². The van der Waals surface area contributed by atoms with Crippen LogP contribution in [0.1, 0.15) is 5.56 Å². The van der Waals surface area contributed by atoms with Crippen LogP contribution in [0.3, 0.4) is 0 Å². The number of halogens is 1. The lowest BCUT2D eigenvalue weighted by Gasteiger charge is -2.06. The van der Waals surface area contributed by atoms with Crippen LogP contribution in [-0.4, -0.2) is 13.1 Å². The molecule has 5 heteroatoms. The Morgan fingerprint density at radius 1 is 1.50 bits per heavy atom. The average molecular weight is 259 g/mol. The van der Waals surface area contributed by atoms with Crippen LogP contribution in [0.4, 0.5) is 10.5 Å². The fourth-order valence-corrected chi connectivity index (χ4v) is 1.30. The van der Waals surface area contributed by atoms with Gasteiger partial charge in [0.1, 0.15) is 0 Å². The molecule has 0 saturated carbocycles. The molecule has 0 radical (unpaired) electrons. The van der Waals surface area contributed by atoms with E-state index in [4.69, 9.17) is 0 Å². The summed E-state index contributed by atoms with van der Waals surface area (Å²) < 4.78 is 0.952. The lowest BCUT2D eigenvalue weighted by Crippen LogP contribution is -2.27. The van der Waals surface area contributed by atoms with Crippen LogP contribution in [0, 0.1) is 6.92 Å². The summed E-state index contributed by atoms with van der Waals surface area (Å²) in [6, 6.07) is 5.15. The van der Waals surface area contributed by atoms with E-state index in [9.17, 15) is 4.79 Å². The number of nitrogens with one attached hydrogen (secondary N) is 2. The molecule has 1 aromatic carbocycles. The number of hydrogen-bond donors (Lipinski definition) is 2. The number of amides is 2. The molecule has 0 bridgehead atoms. The smallest absolute Gasteiger partial charge is 0.306 e. The Morgan fingerprint density at radius 2 is 2.21 bits per heavy atom. The molecule has 0 fully saturated rings. The first-order chi connectivity index (χ1) is 6.63. The summed E-state index contributed by atoms with van der Waals surface area (Å²) in [5.74, 6) is 0. The first-order valence-corrected chi connectivity index (χ1v) is 4.79. The van der Waals surface area contributed by atoms with E-state index < -0.39 is 6.03 Å². The van der Waals surface area contributed by atoms with Crippen LogP contribution in [-0.2, 0) is 4.84 Å². The van der Waals surface area contributed by atoms with Crippen molar-refractivity contribution in [3.8, 4) is 0 Å². The summed E-state index contributed by atoms with van der Waals surface area (Å²) in [6.07, 6.45) is 0. The topological polar surface area (TPSA) is 50.4 Å². The van der Waals surface area contributed by atoms with Crippen molar-refractivity contribution in [3.63, 3.8) is 0 Å². The second-order valence-corrected chi connectivity index (χ2v) is 3.58. The van der Waals surface area contributed by atoms with Crippen molar-refractivity contribution in [2.75, 3.05) is 12.4 Å². The molecule has 0 saturated heterocycles. The van der Waals surface area contributed by atoms with E-state index in [1.165, 1.54) is 7.11 Å². The second kappa shape index (κ2) is 4.97. The monoisotopic (exact) mass is 258 g/mol. The zero-order valence-corrected chi connectivity index (χ0v) is 9.51. The molecule has 2 N–H and O–H groups in total. The number of hydrogen-bond acceptors (Lipinski definition) is 2. The molecule has 4 nitrogen and oxygen atoms in total. The molecule has 0 heterocycles. The van der Waals surface area contributed by atoms with Crippen molar-refractivity contribution in [3.05, 3.63) is 28.2 Å². The van der Waals surface area contributed by atoms with E-state index >= 15 is 0 Å². The van der Waals surface area contributed by atoms with E-state index in [0.717, 1.165) is 10.0 Å². The molecule has 1 rings (SSSR count). The van der Waals surface area contributed by atoms with E-state index in [0.29, 0.717) is 5.69 Å². The Balaban J connectivity index is 2.68. The molecular weight excluding hydrogens is 248 g/mol. The van der Waals surface area contributed by atoms with Gasteiger partial charge in [-0.3, -0.25) is 4.84 Å². The van der Waals surface area contributed by atoms with Gasteiger partial charge in [0, 0.05) is 10.2 Å². The molecule has 76 valence electrons. The van der Waals surface area contributed by atoms with Crippen LogP contribution in [0.25, 0.3) is 0 Å². The van der Waals surface area contributed by atoms with Crippen LogP contribution in [0.2, 0.25) is 0 Å². The third-order valence-corrected chi connectivity index (χ3v) is 2.48. The Labute approximate surface area is 90.7 Å². The van der Waals surface area contributed by atoms with E-state index in [1.807, 2.05) is 25.1 Å². The van der Waals surface area contributed by atoms with Gasteiger partial charge in [0.25, 0.3) is 0 Å². The maximum Gasteiger partial charge on any atom is 0.343 e. The highest BCUT2D eigenvalue weighted by molar-refractivity contribution is 9.10. The third-order valence-electron chi connectivity index (χ3n) is 1.62. The van der Waals surface area contributed by atoms with Crippen LogP contribution < -0.4 is 10.8 Å². The van der Waals surface area contributed by atoms with Gasteiger partial charge in [0.15, 0.2) is 0 Å². The lowest BCUT2D eigenvalue weighted by molar-refractivity contribution is 0.114. The minimum absolute atomic E-state index is 0.400. The lowest BCUT2D eigenvalue weighted by atomic mass is 10.2. The Bertz CT molecular complexity index is 342. The van der Waals surface area contributed by atoms with E-state index in [-0.39, 0.29) is 0 Å². The standard InChI is InChI=1S/C9H11BrN2O2/c1-6-3-4-7(5-8(6)10)11-9(13)12-14-2/h3-5H,1-2H3,(H2,11,12,13). The normalized spacial score (nSPS) is 9.64. The van der Waals surface area contributed by atoms with Crippen molar-refractivity contribution in [1.29, 1.82) is 0 Å². The highest BCUT2D eigenvalue weighted by Crippen LogP contribution is 2.20. The number of carbonyl (C=O) groups excluding carboxylic acids is 1. The summed E-state index contributed by atoms with van der Waals surface area (Å²) >= 11 is 3.37. The number of carbonyl (C=O) groups is 1. The van der Waals surface area contributed by atoms with Crippen molar-refractivity contribution in [2.24, 2.45) is 0 Å². The molecule has 0 aromatic heterocycles. The minimum Gasteiger partial charge on any atom is -0.306 e. The van der Waals surface area contributed by atoms with Gasteiger partial charge in [-0.25, -0.2) is 10.3 Å². The minimum atomic E-state index is -0.400. The maximum absolute atomic E-state index is 11.0. The number of anilines is 1. The van der Waals surface area contributed by atoms with Crippen LogP contribution >= 0.6 is 15.9 Å². The Kier molecular flexibility index (Phi) is 3.91. The van der Waals surface area contributed by atoms with Gasteiger partial charge in [-0.1, -0.05) is 22.0 Å². The van der Waals surface area contributed by atoms with Crippen molar-refractivity contribution in [2.45, 2.75) is 6.92 Å². The van der Waals surface area contributed by atoms with Crippen LogP contribution in [0.15, 0.2) is 22.7 Å². The van der Waals surface area contributed by atoms with Gasteiger partial charge in [-0.05, 0) is 24.6 Å². The number of hydroxylamine groups is 1. The first-order valence-electron chi connectivity index (χ1n) is 3.99. The molecule has 1 aromatic rings. The first kappa shape index (κ1) is 11.0. The predicted molar refractivity (Wildman–Crippen MR) is 58.0 cm³/mol. The van der Waals surface area contributed by atoms with E-state index in [2.05, 4.69) is 31.6 Å². The Hall–Kier alpha value is -1.07. The number of aryl methyl sites for hydroxylation is 1. The number of benzene rings is 1. The summed E-state index contributed by atoms with van der Waals surface area (Å²) in [5.41, 5.74) is 3.98. The SMILES string of the molecule is CONC(=O)Nc1ccc(C)c(Br)c1. The highest BCUT2D eigenvalue weighted by Gasteiger charge is 2.01. The fourth-order valence-electron chi connectivity index (χ4n) is 0.920. The average Bonchev–Trinajstić information content (AvgIpc) is 2.12. The van der Waals surface area contributed by atoms with Gasteiger partial charge in [0.05, 0.1) is 7.11 Å². The predicted octanol–water partition coefficient (Wildman–Crippen LogP) is 2.44. The Morgan fingerprint density at radius 3 is 2.79 bits per heavy atom. The zero-order chi connectivity index (χ0) is 10.6. The summed E-state index contributed by atoms with van der Waals surface area (Å²) in [4.78, 5) is 15.5. The molecule has 2 amide bonds. The molecular formula is C9H11BrN2O2. The van der Waals surface area contributed by atoms with Crippen molar-refractivity contribution < 1.29 is 9.63 Å². The molecule has 0 aliphatic rings. The van der Waals surface area contributed by atoms with Gasteiger partial charge in [-0.15, -0.1) is 0 Å². The third kappa shape index (κ3) is 3.01. The maximum atomic E-state index is 11.0. The zero-order valence-electron chi connectivity index (χ0n) is 7.93. The quantitative estimate of drug-likeness (QED) is 0.801. The van der Waals surface area contributed by atoms with Gasteiger partial charge in [0.2, 0.25) is 0 Å². The summed E-state index contributed by atoms with van der Waals surface area (Å²) in [6.45, 7) is 1.98. The molecule has 0 spiro atoms. The van der Waals surface area contributed by atoms with Crippen molar-refractivity contribution >= 4 is 27.6 Å². The molecule has 14 heavy (non-hydrogen) atoms. The number of urea groups is 1. The molecule has 0 unspecified atom stereocenters.